The Bertz CT molecular complexity index is 468. The maximum Gasteiger partial charge on any atom is 0.270 e. The number of amides is 2. The third kappa shape index (κ3) is 4.44. The van der Waals surface area contributed by atoms with Crippen molar-refractivity contribution in [1.82, 2.24) is 9.80 Å². The number of rotatable bonds is 5. The van der Waals surface area contributed by atoms with Gasteiger partial charge in [0, 0.05) is 20.0 Å². The van der Waals surface area contributed by atoms with E-state index in [0.29, 0.717) is 6.42 Å². The number of allylic oxidation sites excluding steroid dienone is 1. The Balaban J connectivity index is 3.02. The van der Waals surface area contributed by atoms with Crippen LogP contribution in [-0.2, 0) is 9.59 Å². The molecule has 0 bridgehead atoms. The zero-order chi connectivity index (χ0) is 17.2. The molecular weight excluding hydrogens is 370 g/mol. The highest BCUT2D eigenvalue weighted by Gasteiger charge is 2.40. The lowest BCUT2D eigenvalue weighted by Gasteiger charge is -2.39. The number of carbonyl (C=O) groups excluding carboxylic acids is 2. The van der Waals surface area contributed by atoms with Crippen LogP contribution in [0.25, 0.3) is 0 Å². The van der Waals surface area contributed by atoms with Gasteiger partial charge in [0.15, 0.2) is 0 Å². The molecule has 2 amide bonds. The second-order valence-electron chi connectivity index (χ2n) is 5.62. The standard InChI is InChI=1S/C14H20Cl4N2O2/c1-7(11(15)16)5-9-13(21)20(4)10(14(22)19(9)3)6-8(2)12(17)18/h5,7-8,10-12H,6H2,1-4H3/b9-5-/t7-,8-,10-/m0/s1. The maximum absolute atomic E-state index is 12.5. The average molecular weight is 390 g/mol. The number of carbonyl (C=O) groups is 2. The minimum Gasteiger partial charge on any atom is -0.328 e. The van der Waals surface area contributed by atoms with Gasteiger partial charge in [0.25, 0.3) is 5.91 Å². The molecule has 0 aromatic rings. The minimum absolute atomic E-state index is 0.111. The molecule has 1 heterocycles. The van der Waals surface area contributed by atoms with Crippen LogP contribution >= 0.6 is 46.4 Å². The SMILES string of the molecule is C[C@@H](/C=C1/C(=O)N(C)[C@@H](C[C@H](C)C(Cl)Cl)C(=O)N1C)C(Cl)Cl. The monoisotopic (exact) mass is 388 g/mol. The van der Waals surface area contributed by atoms with Crippen molar-refractivity contribution in [3.05, 3.63) is 11.8 Å². The van der Waals surface area contributed by atoms with Gasteiger partial charge in [0.05, 0.1) is 0 Å². The van der Waals surface area contributed by atoms with Gasteiger partial charge in [-0.15, -0.1) is 46.4 Å². The van der Waals surface area contributed by atoms with Gasteiger partial charge in [-0.2, -0.15) is 0 Å². The third-order valence-corrected chi connectivity index (χ3v) is 5.48. The summed E-state index contributed by atoms with van der Waals surface area (Å²) in [5, 5.41) is 0. The van der Waals surface area contributed by atoms with E-state index < -0.39 is 15.7 Å². The predicted molar refractivity (Wildman–Crippen MR) is 91.3 cm³/mol. The lowest BCUT2D eigenvalue weighted by Crippen LogP contribution is -2.56. The Labute approximate surface area is 151 Å². The molecule has 0 aromatic heterocycles. The first-order valence-corrected chi connectivity index (χ1v) is 8.65. The summed E-state index contributed by atoms with van der Waals surface area (Å²) >= 11 is 23.3. The Hall–Kier alpha value is -0.160. The molecule has 0 N–H and O–H groups in total. The molecule has 1 aliphatic rings. The fourth-order valence-corrected chi connectivity index (χ4v) is 2.54. The summed E-state index contributed by atoms with van der Waals surface area (Å²) in [7, 11) is 3.17. The summed E-state index contributed by atoms with van der Waals surface area (Å²) in [5.41, 5.74) is 0.281. The van der Waals surface area contributed by atoms with Gasteiger partial charge in [0.2, 0.25) is 5.91 Å². The topological polar surface area (TPSA) is 40.6 Å². The van der Waals surface area contributed by atoms with Gasteiger partial charge < -0.3 is 9.80 Å². The molecule has 8 heteroatoms. The van der Waals surface area contributed by atoms with Gasteiger partial charge in [-0.1, -0.05) is 13.8 Å². The molecule has 1 saturated heterocycles. The number of likely N-dealkylation sites (N-methyl/N-ethyl adjacent to an activating group) is 2. The van der Waals surface area contributed by atoms with E-state index in [9.17, 15) is 9.59 Å². The number of piperazine rings is 1. The zero-order valence-corrected chi connectivity index (χ0v) is 15.9. The number of hydrogen-bond donors (Lipinski definition) is 0. The molecule has 3 atom stereocenters. The summed E-state index contributed by atoms with van der Waals surface area (Å²) in [6, 6.07) is -0.581. The van der Waals surface area contributed by atoms with E-state index in [0.717, 1.165) is 0 Å². The Morgan fingerprint density at radius 3 is 2.09 bits per heavy atom. The van der Waals surface area contributed by atoms with E-state index in [1.807, 2.05) is 6.92 Å². The minimum atomic E-state index is -0.653. The van der Waals surface area contributed by atoms with Crippen LogP contribution in [-0.4, -0.2) is 51.4 Å². The summed E-state index contributed by atoms with van der Waals surface area (Å²) < 4.78 is 0. The fraction of sp³-hybridized carbons (Fsp3) is 0.714. The highest BCUT2D eigenvalue weighted by molar-refractivity contribution is 6.44. The molecule has 4 nitrogen and oxygen atoms in total. The largest absolute Gasteiger partial charge is 0.328 e. The van der Waals surface area contributed by atoms with Gasteiger partial charge in [-0.3, -0.25) is 9.59 Å². The molecule has 0 saturated carbocycles. The Morgan fingerprint density at radius 2 is 1.64 bits per heavy atom. The van der Waals surface area contributed by atoms with Crippen molar-refractivity contribution >= 4 is 58.2 Å². The third-order valence-electron chi connectivity index (χ3n) is 3.83. The first-order valence-electron chi connectivity index (χ1n) is 6.90. The van der Waals surface area contributed by atoms with Crippen molar-refractivity contribution in [3.63, 3.8) is 0 Å². The van der Waals surface area contributed by atoms with Crippen molar-refractivity contribution < 1.29 is 9.59 Å². The summed E-state index contributed by atoms with van der Waals surface area (Å²) in [6.07, 6.45) is 2.02. The fourth-order valence-electron chi connectivity index (χ4n) is 2.19. The molecule has 22 heavy (non-hydrogen) atoms. The van der Waals surface area contributed by atoms with E-state index in [1.54, 1.807) is 27.1 Å². The summed E-state index contributed by atoms with van der Waals surface area (Å²) in [6.45, 7) is 3.62. The van der Waals surface area contributed by atoms with Crippen molar-refractivity contribution in [2.24, 2.45) is 11.8 Å². The van der Waals surface area contributed by atoms with Crippen molar-refractivity contribution in [1.29, 1.82) is 0 Å². The Kier molecular flexibility index (Phi) is 7.31. The number of alkyl halides is 4. The molecule has 126 valence electrons. The molecule has 1 aliphatic heterocycles. The molecule has 0 spiro atoms. The second-order valence-corrected chi connectivity index (χ2v) is 7.95. The number of hydrogen-bond acceptors (Lipinski definition) is 2. The molecule has 1 fully saturated rings. The molecule has 0 unspecified atom stereocenters. The van der Waals surface area contributed by atoms with Crippen LogP contribution in [0.4, 0.5) is 0 Å². The van der Waals surface area contributed by atoms with Gasteiger partial charge >= 0.3 is 0 Å². The number of halogens is 4. The highest BCUT2D eigenvalue weighted by atomic mass is 35.5. The van der Waals surface area contributed by atoms with Crippen LogP contribution in [0.1, 0.15) is 20.3 Å². The lowest BCUT2D eigenvalue weighted by molar-refractivity contribution is -0.149. The van der Waals surface area contributed by atoms with E-state index >= 15 is 0 Å². The van der Waals surface area contributed by atoms with Crippen LogP contribution in [0.2, 0.25) is 0 Å². The van der Waals surface area contributed by atoms with E-state index in [4.69, 9.17) is 46.4 Å². The quantitative estimate of drug-likeness (QED) is 0.533. The van der Waals surface area contributed by atoms with Crippen molar-refractivity contribution in [2.75, 3.05) is 14.1 Å². The molecule has 0 aromatic carbocycles. The zero-order valence-electron chi connectivity index (χ0n) is 12.9. The molecule has 0 aliphatic carbocycles. The van der Waals surface area contributed by atoms with E-state index in [1.165, 1.54) is 9.80 Å². The average Bonchev–Trinajstić information content (AvgIpc) is 2.45. The summed E-state index contributed by atoms with van der Waals surface area (Å²) in [4.78, 5) is 26.6. The van der Waals surface area contributed by atoms with Crippen LogP contribution in [0.15, 0.2) is 11.8 Å². The van der Waals surface area contributed by atoms with Crippen molar-refractivity contribution in [2.45, 2.75) is 36.0 Å². The van der Waals surface area contributed by atoms with E-state index in [2.05, 4.69) is 0 Å². The molecular formula is C14H20Cl4N2O2. The van der Waals surface area contributed by atoms with Crippen LogP contribution in [0.5, 0.6) is 0 Å². The van der Waals surface area contributed by atoms with E-state index in [-0.39, 0.29) is 29.3 Å². The predicted octanol–water partition coefficient (Wildman–Crippen LogP) is 3.44. The maximum atomic E-state index is 12.5. The first-order chi connectivity index (χ1) is 10.1. The lowest BCUT2D eigenvalue weighted by atomic mass is 9.97. The summed E-state index contributed by atoms with van der Waals surface area (Å²) in [5.74, 6) is -0.792. The highest BCUT2D eigenvalue weighted by Crippen LogP contribution is 2.28. The number of nitrogens with zero attached hydrogens (tertiary/aromatic N) is 2. The first kappa shape index (κ1) is 19.9. The van der Waals surface area contributed by atoms with Crippen LogP contribution in [0, 0.1) is 11.8 Å². The molecule has 0 radical (unpaired) electrons. The second kappa shape index (κ2) is 8.09. The molecule has 1 rings (SSSR count). The smallest absolute Gasteiger partial charge is 0.270 e. The van der Waals surface area contributed by atoms with Gasteiger partial charge in [0.1, 0.15) is 21.4 Å². The Morgan fingerprint density at radius 1 is 1.09 bits per heavy atom. The van der Waals surface area contributed by atoms with Crippen LogP contribution < -0.4 is 0 Å². The normalized spacial score (nSPS) is 24.6. The van der Waals surface area contributed by atoms with Crippen LogP contribution in [0.3, 0.4) is 0 Å². The van der Waals surface area contributed by atoms with Gasteiger partial charge in [-0.25, -0.2) is 0 Å². The van der Waals surface area contributed by atoms with Crippen molar-refractivity contribution in [3.8, 4) is 0 Å². The van der Waals surface area contributed by atoms with Gasteiger partial charge in [-0.05, 0) is 18.4 Å².